The molecule has 4 aliphatic rings. The molecule has 0 bridgehead atoms. The van der Waals surface area contributed by atoms with E-state index in [1.54, 1.807) is 13.2 Å². The van der Waals surface area contributed by atoms with Gasteiger partial charge in [0, 0.05) is 67.7 Å². The summed E-state index contributed by atoms with van der Waals surface area (Å²) in [6, 6.07) is 19.8. The van der Waals surface area contributed by atoms with Crippen LogP contribution >= 0.6 is 23.5 Å². The number of likely N-dealkylation sites (tertiary alicyclic amines) is 1. The molecule has 4 N–H and O–H groups in total. The minimum atomic E-state index is -0.620. The predicted octanol–water partition coefficient (Wildman–Crippen LogP) is 7.32. The van der Waals surface area contributed by atoms with Gasteiger partial charge in [0.05, 0.1) is 16.1 Å². The number of anilines is 4. The maximum Gasteiger partial charge on any atom is 0.243 e. The van der Waals surface area contributed by atoms with Gasteiger partial charge in [-0.2, -0.15) is 4.98 Å². The lowest BCUT2D eigenvalue weighted by Crippen LogP contribution is -2.36. The lowest BCUT2D eigenvalue weighted by Gasteiger charge is -2.33. The number of aliphatic imine (C=N–C) groups is 1. The largest absolute Gasteiger partial charge is 0.388 e. The Morgan fingerprint density at radius 1 is 1.06 bits per heavy atom. The van der Waals surface area contributed by atoms with Crippen LogP contribution in [0.5, 0.6) is 0 Å². The number of fused-ring (bicyclic) bond motifs is 2. The number of nitrogens with two attached hydrogens (primary N) is 1. The number of rotatable bonds is 10. The first-order valence-corrected chi connectivity index (χ1v) is 19.6. The third kappa shape index (κ3) is 7.22. The molecular formula is C40H45ClFN9OS. The Hall–Kier alpha value is -4.23. The number of hydrogen-bond donors (Lipinski definition) is 3. The maximum atomic E-state index is 14.2. The van der Waals surface area contributed by atoms with Crippen molar-refractivity contribution in [3.05, 3.63) is 100.0 Å². The maximum absolute atomic E-state index is 14.2. The lowest BCUT2D eigenvalue weighted by atomic mass is 9.88. The summed E-state index contributed by atoms with van der Waals surface area (Å²) in [5, 5.41) is 7.12. The number of hydrogen-bond acceptors (Lipinski definition) is 9. The van der Waals surface area contributed by atoms with Crippen LogP contribution in [0.2, 0.25) is 5.02 Å². The molecule has 1 saturated carbocycles. The van der Waals surface area contributed by atoms with Crippen LogP contribution in [0.15, 0.2) is 76.7 Å². The van der Waals surface area contributed by atoms with Crippen molar-refractivity contribution in [2.75, 3.05) is 55.8 Å². The first-order chi connectivity index (χ1) is 25.7. The molecular weight excluding hydrogens is 709 g/mol. The number of benzene rings is 3. The van der Waals surface area contributed by atoms with E-state index in [9.17, 15) is 9.18 Å². The molecule has 1 amide bonds. The molecule has 0 unspecified atom stereocenters. The van der Waals surface area contributed by atoms with Gasteiger partial charge >= 0.3 is 0 Å². The monoisotopic (exact) mass is 753 g/mol. The first-order valence-electron chi connectivity index (χ1n) is 18.5. The van der Waals surface area contributed by atoms with Gasteiger partial charge in [0.1, 0.15) is 17.5 Å². The van der Waals surface area contributed by atoms with Crippen molar-refractivity contribution in [2.45, 2.75) is 67.3 Å². The minimum Gasteiger partial charge on any atom is -0.388 e. The number of carbonyl (C=O) groups excluding carboxylic acids is 1. The molecule has 3 fully saturated rings. The molecule has 13 heteroatoms. The van der Waals surface area contributed by atoms with E-state index in [1.165, 1.54) is 39.1 Å². The van der Waals surface area contributed by atoms with E-state index < -0.39 is 11.2 Å². The van der Waals surface area contributed by atoms with Crippen LogP contribution in [0.4, 0.5) is 27.5 Å². The van der Waals surface area contributed by atoms with Gasteiger partial charge in [-0.15, -0.1) is 0 Å². The van der Waals surface area contributed by atoms with Crippen LogP contribution < -0.4 is 21.3 Å². The summed E-state index contributed by atoms with van der Waals surface area (Å²) in [7, 11) is 3.65. The highest BCUT2D eigenvalue weighted by Gasteiger charge is 2.61. The summed E-state index contributed by atoms with van der Waals surface area (Å²) in [6.45, 7) is 4.93. The molecule has 10 nitrogen and oxygen atoms in total. The number of amidine groups is 1. The van der Waals surface area contributed by atoms with Gasteiger partial charge in [0.25, 0.3) is 0 Å². The van der Waals surface area contributed by atoms with E-state index in [2.05, 4.69) is 72.3 Å². The number of piperidine rings is 2. The van der Waals surface area contributed by atoms with Crippen molar-refractivity contribution in [3.63, 3.8) is 0 Å². The average molecular weight is 754 g/mol. The van der Waals surface area contributed by atoms with Gasteiger partial charge in [0.15, 0.2) is 0 Å². The zero-order chi connectivity index (χ0) is 36.7. The summed E-state index contributed by atoms with van der Waals surface area (Å²) >= 11 is 8.28. The highest BCUT2D eigenvalue weighted by molar-refractivity contribution is 7.97. The molecule has 4 aromatic rings. The normalized spacial score (nSPS) is 19.5. The van der Waals surface area contributed by atoms with Gasteiger partial charge in [-0.05, 0) is 123 Å². The van der Waals surface area contributed by atoms with Crippen molar-refractivity contribution in [1.82, 2.24) is 19.2 Å². The number of nitrogens with one attached hydrogen (secondary N) is 2. The van der Waals surface area contributed by atoms with E-state index in [-0.39, 0.29) is 11.9 Å². The molecule has 4 heterocycles. The van der Waals surface area contributed by atoms with E-state index in [0.717, 1.165) is 88.1 Å². The SMILES string of the molecule is CN=C(N)c1ccc(C2CCN(Cc3cccc(SN4CCC(Nc5ncc6c(n5)N(c5cc(F)ccc5Cl)C(=O)C65CC5)CC4)c3)CC2)cc1NC. The highest BCUT2D eigenvalue weighted by Crippen LogP contribution is 2.59. The Morgan fingerprint density at radius 3 is 2.58 bits per heavy atom. The van der Waals surface area contributed by atoms with Crippen LogP contribution in [0.25, 0.3) is 0 Å². The Balaban J connectivity index is 0.840. The molecule has 53 heavy (non-hydrogen) atoms. The van der Waals surface area contributed by atoms with Crippen LogP contribution in [0, 0.1) is 5.82 Å². The third-order valence-electron chi connectivity index (χ3n) is 11.2. The summed E-state index contributed by atoms with van der Waals surface area (Å²) < 4.78 is 16.7. The molecule has 0 radical (unpaired) electrons. The van der Waals surface area contributed by atoms with Crippen LogP contribution in [0.1, 0.15) is 66.7 Å². The van der Waals surface area contributed by atoms with Crippen LogP contribution in [0.3, 0.4) is 0 Å². The minimum absolute atomic E-state index is 0.110. The fourth-order valence-electron chi connectivity index (χ4n) is 8.04. The molecule has 8 rings (SSSR count). The summed E-state index contributed by atoms with van der Waals surface area (Å²) in [5.74, 6) is 1.49. The number of nitrogens with zero attached hydrogens (tertiary/aromatic N) is 6. The van der Waals surface area contributed by atoms with E-state index in [4.69, 9.17) is 22.3 Å². The van der Waals surface area contributed by atoms with Crippen molar-refractivity contribution < 1.29 is 9.18 Å². The predicted molar refractivity (Wildman–Crippen MR) is 212 cm³/mol. The first kappa shape index (κ1) is 35.8. The molecule has 3 aromatic carbocycles. The van der Waals surface area contributed by atoms with Crippen LogP contribution in [-0.2, 0) is 16.8 Å². The van der Waals surface area contributed by atoms with Gasteiger partial charge in [0.2, 0.25) is 11.9 Å². The highest BCUT2D eigenvalue weighted by atomic mass is 35.5. The number of carbonyl (C=O) groups is 1. The molecule has 1 spiro atoms. The van der Waals surface area contributed by atoms with Crippen molar-refractivity contribution >= 4 is 58.4 Å². The number of halogens is 2. The zero-order valence-corrected chi connectivity index (χ0v) is 31.7. The topological polar surface area (TPSA) is 115 Å². The Bertz CT molecular complexity index is 2040. The van der Waals surface area contributed by atoms with E-state index in [0.29, 0.717) is 34.2 Å². The molecule has 3 aliphatic heterocycles. The lowest BCUT2D eigenvalue weighted by molar-refractivity contribution is -0.119. The quantitative estimate of drug-likeness (QED) is 0.0871. The third-order valence-corrected chi connectivity index (χ3v) is 12.6. The van der Waals surface area contributed by atoms with Crippen molar-refractivity contribution in [2.24, 2.45) is 10.7 Å². The second kappa shape index (κ2) is 14.9. The van der Waals surface area contributed by atoms with Gasteiger partial charge < -0.3 is 16.4 Å². The van der Waals surface area contributed by atoms with E-state index >= 15 is 0 Å². The second-order valence-electron chi connectivity index (χ2n) is 14.5. The second-order valence-corrected chi connectivity index (χ2v) is 16.1. The fourth-order valence-corrected chi connectivity index (χ4v) is 9.27. The molecule has 1 aliphatic carbocycles. The van der Waals surface area contributed by atoms with Gasteiger partial charge in [-0.3, -0.25) is 19.6 Å². The van der Waals surface area contributed by atoms with Gasteiger partial charge in [-0.25, -0.2) is 13.7 Å². The van der Waals surface area contributed by atoms with E-state index in [1.807, 2.05) is 19.0 Å². The average Bonchev–Trinajstić information content (AvgIpc) is 3.95. The smallest absolute Gasteiger partial charge is 0.243 e. The fraction of sp³-hybridized carbons (Fsp3) is 0.400. The summed E-state index contributed by atoms with van der Waals surface area (Å²) in [6.07, 6.45) is 7.36. The van der Waals surface area contributed by atoms with Crippen molar-refractivity contribution in [3.8, 4) is 0 Å². The molecule has 1 aromatic heterocycles. The number of aromatic nitrogens is 2. The Kier molecular flexibility index (Phi) is 10.1. The number of amides is 1. The summed E-state index contributed by atoms with van der Waals surface area (Å²) in [4.78, 5) is 32.5. The van der Waals surface area contributed by atoms with Gasteiger partial charge in [-0.1, -0.05) is 29.8 Å². The van der Waals surface area contributed by atoms with Crippen molar-refractivity contribution in [1.29, 1.82) is 0 Å². The van der Waals surface area contributed by atoms with Crippen LogP contribution in [-0.4, -0.2) is 77.2 Å². The Morgan fingerprint density at radius 2 is 1.85 bits per heavy atom. The molecule has 276 valence electrons. The molecule has 0 atom stereocenters. The summed E-state index contributed by atoms with van der Waals surface area (Å²) in [5.41, 5.74) is 11.3. The molecule has 2 saturated heterocycles. The Labute approximate surface area is 319 Å². The zero-order valence-electron chi connectivity index (χ0n) is 30.1. The standard InChI is InChI=1S/C40H45ClFN9OS/c1-44-34-21-27(6-8-31(34)36(43)45-2)26-10-16-49(17-11-26)24-25-4-3-5-30(20-25)53-50-18-12-29(13-19-50)47-39-46-23-32-37(48-39)51(38(52)40(32)14-15-40)35-22-28(42)7-9-33(35)41/h3-9,20-23,26,29,44H,10-19,24H2,1-2H3,(H2,43,45)(H,46,47,48).